The Morgan fingerprint density at radius 2 is 1.26 bits per heavy atom. The van der Waals surface area contributed by atoms with Gasteiger partial charge in [0.2, 0.25) is 0 Å². The van der Waals surface area contributed by atoms with Crippen molar-refractivity contribution in [2.75, 3.05) is 26.2 Å². The Morgan fingerprint density at radius 3 is 1.63 bits per heavy atom. The summed E-state index contributed by atoms with van der Waals surface area (Å²) in [5.74, 6) is 0.782. The minimum absolute atomic E-state index is 0.356. The highest BCUT2D eigenvalue weighted by Gasteiger charge is 2.34. The fourth-order valence-corrected chi connectivity index (χ4v) is 3.82. The Labute approximate surface area is 121 Å². The molecule has 0 aromatic carbocycles. The van der Waals surface area contributed by atoms with Crippen molar-refractivity contribution >= 4 is 0 Å². The Kier molecular flexibility index (Phi) is 5.88. The molecule has 0 saturated carbocycles. The monoisotopic (exact) mass is 268 g/mol. The number of hydrogen-bond acceptors (Lipinski definition) is 2. The number of rotatable bonds is 6. The minimum Gasteiger partial charge on any atom is -0.296 e. The summed E-state index contributed by atoms with van der Waals surface area (Å²) < 4.78 is 0. The van der Waals surface area contributed by atoms with Crippen LogP contribution in [0.15, 0.2) is 0 Å². The fourth-order valence-electron chi connectivity index (χ4n) is 3.82. The predicted molar refractivity (Wildman–Crippen MR) is 85.7 cm³/mol. The summed E-state index contributed by atoms with van der Waals surface area (Å²) in [6, 6.07) is 0. The third kappa shape index (κ3) is 4.75. The zero-order valence-corrected chi connectivity index (χ0v) is 14.4. The molecule has 0 unspecified atom stereocenters. The summed E-state index contributed by atoms with van der Waals surface area (Å²) in [4.78, 5) is 5.39. The maximum atomic E-state index is 2.70. The van der Waals surface area contributed by atoms with Crippen LogP contribution in [0.3, 0.4) is 0 Å². The van der Waals surface area contributed by atoms with Gasteiger partial charge in [0, 0.05) is 37.3 Å². The second-order valence-corrected chi connectivity index (χ2v) is 7.95. The quantitative estimate of drug-likeness (QED) is 0.718. The third-order valence-corrected chi connectivity index (χ3v) is 4.76. The second kappa shape index (κ2) is 6.58. The minimum atomic E-state index is 0.356. The summed E-state index contributed by atoms with van der Waals surface area (Å²) in [6.07, 6.45) is 3.89. The van der Waals surface area contributed by atoms with Crippen molar-refractivity contribution < 1.29 is 0 Å². The van der Waals surface area contributed by atoms with Gasteiger partial charge in [-0.2, -0.15) is 0 Å². The van der Waals surface area contributed by atoms with Crippen LogP contribution >= 0.6 is 0 Å². The molecular weight excluding hydrogens is 232 g/mol. The number of hydrogen-bond donors (Lipinski definition) is 0. The van der Waals surface area contributed by atoms with E-state index in [1.165, 1.54) is 45.4 Å². The molecule has 19 heavy (non-hydrogen) atoms. The molecule has 0 aromatic heterocycles. The molecule has 1 fully saturated rings. The highest BCUT2D eigenvalue weighted by Crippen LogP contribution is 2.28. The van der Waals surface area contributed by atoms with E-state index in [1.54, 1.807) is 0 Å². The van der Waals surface area contributed by atoms with E-state index < -0.39 is 0 Å². The number of nitrogens with zero attached hydrogens (tertiary/aromatic N) is 2. The second-order valence-electron chi connectivity index (χ2n) is 7.95. The van der Waals surface area contributed by atoms with E-state index in [2.05, 4.69) is 58.3 Å². The largest absolute Gasteiger partial charge is 0.296 e. The summed E-state index contributed by atoms with van der Waals surface area (Å²) in [6.45, 7) is 21.5. The highest BCUT2D eigenvalue weighted by molar-refractivity contribution is 4.90. The van der Waals surface area contributed by atoms with Crippen molar-refractivity contribution in [1.29, 1.82) is 0 Å². The molecule has 0 aromatic rings. The molecule has 0 bridgehead atoms. The average Bonchev–Trinajstić information content (AvgIpc) is 2.27. The Hall–Kier alpha value is -0.0800. The van der Waals surface area contributed by atoms with E-state index in [0.717, 1.165) is 5.92 Å². The summed E-state index contributed by atoms with van der Waals surface area (Å²) in [5, 5.41) is 0. The van der Waals surface area contributed by atoms with Crippen molar-refractivity contribution in [2.45, 2.75) is 78.8 Å². The van der Waals surface area contributed by atoms with Crippen molar-refractivity contribution in [3.05, 3.63) is 0 Å². The molecule has 114 valence electrons. The van der Waals surface area contributed by atoms with Crippen molar-refractivity contribution in [1.82, 2.24) is 9.80 Å². The normalized spacial score (nSPS) is 20.2. The lowest BCUT2D eigenvalue weighted by Gasteiger charge is -2.49. The van der Waals surface area contributed by atoms with Gasteiger partial charge in [0.05, 0.1) is 0 Å². The average molecular weight is 268 g/mol. The lowest BCUT2D eigenvalue weighted by Crippen LogP contribution is -2.59. The highest BCUT2D eigenvalue weighted by atomic mass is 15.3. The SMILES string of the molecule is CCCC(C)(C)N1CCN(C(C)(C)CC(C)C)CC1. The lowest BCUT2D eigenvalue weighted by atomic mass is 9.89. The van der Waals surface area contributed by atoms with Crippen LogP contribution < -0.4 is 0 Å². The molecule has 0 atom stereocenters. The molecule has 1 aliphatic rings. The molecule has 0 amide bonds. The van der Waals surface area contributed by atoms with Crippen LogP contribution in [0.4, 0.5) is 0 Å². The van der Waals surface area contributed by atoms with Crippen LogP contribution in [0.5, 0.6) is 0 Å². The lowest BCUT2D eigenvalue weighted by molar-refractivity contribution is -0.00103. The van der Waals surface area contributed by atoms with Crippen molar-refractivity contribution in [3.63, 3.8) is 0 Å². The summed E-state index contributed by atoms with van der Waals surface area (Å²) in [7, 11) is 0. The zero-order valence-electron chi connectivity index (χ0n) is 14.4. The van der Waals surface area contributed by atoms with Crippen LogP contribution in [0.1, 0.15) is 67.7 Å². The van der Waals surface area contributed by atoms with Crippen molar-refractivity contribution in [3.8, 4) is 0 Å². The summed E-state index contributed by atoms with van der Waals surface area (Å²) in [5.41, 5.74) is 0.734. The molecule has 0 spiro atoms. The first kappa shape index (κ1) is 17.0. The number of piperazine rings is 1. The van der Waals surface area contributed by atoms with Crippen LogP contribution in [-0.2, 0) is 0 Å². The van der Waals surface area contributed by atoms with Gasteiger partial charge in [0.1, 0.15) is 0 Å². The molecule has 1 rings (SSSR count). The van der Waals surface area contributed by atoms with Gasteiger partial charge >= 0.3 is 0 Å². The van der Waals surface area contributed by atoms with E-state index in [9.17, 15) is 0 Å². The van der Waals surface area contributed by atoms with Gasteiger partial charge in [0.25, 0.3) is 0 Å². The smallest absolute Gasteiger partial charge is 0.0156 e. The first-order chi connectivity index (χ1) is 8.69. The van der Waals surface area contributed by atoms with Gasteiger partial charge < -0.3 is 0 Å². The molecule has 1 heterocycles. The van der Waals surface area contributed by atoms with Gasteiger partial charge in [-0.05, 0) is 46.5 Å². The standard InChI is InChI=1S/C17H36N2/c1-8-9-16(4,5)18-10-12-19(13-11-18)17(6,7)14-15(2)3/h15H,8-14H2,1-7H3. The van der Waals surface area contributed by atoms with Crippen LogP contribution in [0.25, 0.3) is 0 Å². The van der Waals surface area contributed by atoms with Gasteiger partial charge in [-0.1, -0.05) is 27.2 Å². The Morgan fingerprint density at radius 1 is 0.842 bits per heavy atom. The van der Waals surface area contributed by atoms with Crippen LogP contribution in [0.2, 0.25) is 0 Å². The van der Waals surface area contributed by atoms with Crippen molar-refractivity contribution in [2.24, 2.45) is 5.92 Å². The first-order valence-corrected chi connectivity index (χ1v) is 8.19. The molecule has 0 radical (unpaired) electrons. The molecule has 2 nitrogen and oxygen atoms in total. The maximum Gasteiger partial charge on any atom is 0.0156 e. The molecular formula is C17H36N2. The maximum absolute atomic E-state index is 2.70. The van der Waals surface area contributed by atoms with E-state index in [4.69, 9.17) is 0 Å². The van der Waals surface area contributed by atoms with E-state index in [-0.39, 0.29) is 0 Å². The zero-order chi connectivity index (χ0) is 14.7. The molecule has 0 aliphatic carbocycles. The Balaban J connectivity index is 2.53. The molecule has 1 saturated heterocycles. The predicted octanol–water partition coefficient (Wildman–Crippen LogP) is 4.01. The van der Waals surface area contributed by atoms with Gasteiger partial charge in [-0.3, -0.25) is 9.80 Å². The van der Waals surface area contributed by atoms with E-state index in [0.29, 0.717) is 11.1 Å². The van der Waals surface area contributed by atoms with Gasteiger partial charge in [-0.15, -0.1) is 0 Å². The van der Waals surface area contributed by atoms with E-state index >= 15 is 0 Å². The molecule has 2 heteroatoms. The summed E-state index contributed by atoms with van der Waals surface area (Å²) >= 11 is 0. The van der Waals surface area contributed by atoms with Crippen LogP contribution in [-0.4, -0.2) is 47.1 Å². The first-order valence-electron chi connectivity index (χ1n) is 8.19. The van der Waals surface area contributed by atoms with Gasteiger partial charge in [-0.25, -0.2) is 0 Å². The Bertz CT molecular complexity index is 260. The van der Waals surface area contributed by atoms with Gasteiger partial charge in [0.15, 0.2) is 0 Å². The topological polar surface area (TPSA) is 6.48 Å². The van der Waals surface area contributed by atoms with E-state index in [1.807, 2.05) is 0 Å². The third-order valence-electron chi connectivity index (χ3n) is 4.76. The molecule has 0 N–H and O–H groups in total. The molecule has 1 aliphatic heterocycles. The fraction of sp³-hybridized carbons (Fsp3) is 1.00. The van der Waals surface area contributed by atoms with Crippen LogP contribution in [0, 0.1) is 5.92 Å².